The van der Waals surface area contributed by atoms with Gasteiger partial charge in [0.2, 0.25) is 15.9 Å². The summed E-state index contributed by atoms with van der Waals surface area (Å²) in [5.74, 6) is -0.0368. The van der Waals surface area contributed by atoms with Gasteiger partial charge in [-0.15, -0.1) is 0 Å². The number of hydrogen-bond donors (Lipinski definition) is 2. The lowest BCUT2D eigenvalue weighted by molar-refractivity contribution is -0.116. The molecule has 0 fully saturated rings. The van der Waals surface area contributed by atoms with E-state index in [9.17, 15) is 13.2 Å². The minimum absolute atomic E-state index is 0.0368. The SMILES string of the molecule is O=C1CCCc2cc(S(=O)(=O)NCc3ccc(Cl)cc3)ccc2N1. The molecule has 0 spiro atoms. The van der Waals surface area contributed by atoms with E-state index in [-0.39, 0.29) is 17.3 Å². The van der Waals surface area contributed by atoms with Crippen molar-refractivity contribution >= 4 is 33.2 Å². The Bertz CT molecular complexity index is 864. The maximum atomic E-state index is 12.5. The zero-order valence-electron chi connectivity index (χ0n) is 12.9. The predicted octanol–water partition coefficient (Wildman–Crippen LogP) is 3.09. The molecule has 0 aliphatic carbocycles. The molecule has 1 aliphatic rings. The Hall–Kier alpha value is -1.89. The van der Waals surface area contributed by atoms with Crippen LogP contribution in [0.4, 0.5) is 5.69 Å². The molecule has 0 unspecified atom stereocenters. The minimum atomic E-state index is -3.62. The summed E-state index contributed by atoms with van der Waals surface area (Å²) < 4.78 is 27.6. The highest BCUT2D eigenvalue weighted by molar-refractivity contribution is 7.89. The van der Waals surface area contributed by atoms with Crippen molar-refractivity contribution in [3.05, 3.63) is 58.6 Å². The van der Waals surface area contributed by atoms with Gasteiger partial charge in [0, 0.05) is 23.7 Å². The first kappa shape index (κ1) is 17.0. The summed E-state index contributed by atoms with van der Waals surface area (Å²) in [6, 6.07) is 11.8. The maximum absolute atomic E-state index is 12.5. The normalized spacial score (nSPS) is 14.6. The number of carbonyl (C=O) groups is 1. The molecule has 0 saturated carbocycles. The zero-order chi connectivity index (χ0) is 17.2. The Balaban J connectivity index is 1.78. The van der Waals surface area contributed by atoms with Crippen molar-refractivity contribution in [1.29, 1.82) is 0 Å². The van der Waals surface area contributed by atoms with Crippen molar-refractivity contribution in [2.24, 2.45) is 0 Å². The molecule has 2 aromatic carbocycles. The lowest BCUT2D eigenvalue weighted by Gasteiger charge is -2.11. The van der Waals surface area contributed by atoms with Crippen LogP contribution in [0.5, 0.6) is 0 Å². The van der Waals surface area contributed by atoms with Crippen LogP contribution < -0.4 is 10.0 Å². The molecule has 3 rings (SSSR count). The van der Waals surface area contributed by atoms with Crippen LogP contribution in [0.2, 0.25) is 5.02 Å². The second kappa shape index (κ2) is 6.93. The number of benzene rings is 2. The number of hydrogen-bond acceptors (Lipinski definition) is 3. The van der Waals surface area contributed by atoms with Gasteiger partial charge < -0.3 is 5.32 Å². The second-order valence-electron chi connectivity index (χ2n) is 5.67. The standard InChI is InChI=1S/C17H17ClN2O3S/c18-14-6-4-12(5-7-14)11-19-24(22,23)15-8-9-16-13(10-15)2-1-3-17(21)20-16/h4-10,19H,1-3,11H2,(H,20,21). The van der Waals surface area contributed by atoms with Gasteiger partial charge in [-0.3, -0.25) is 4.79 Å². The number of nitrogens with one attached hydrogen (secondary N) is 2. The molecule has 7 heteroatoms. The number of aryl methyl sites for hydroxylation is 1. The van der Waals surface area contributed by atoms with E-state index in [1.165, 1.54) is 6.07 Å². The fourth-order valence-corrected chi connectivity index (χ4v) is 3.78. The Kier molecular flexibility index (Phi) is 4.89. The Morgan fingerprint density at radius 2 is 1.83 bits per heavy atom. The number of anilines is 1. The molecular formula is C17H17ClN2O3S. The summed E-state index contributed by atoms with van der Waals surface area (Å²) in [6.45, 7) is 0.188. The maximum Gasteiger partial charge on any atom is 0.240 e. The van der Waals surface area contributed by atoms with E-state index in [0.29, 0.717) is 30.0 Å². The zero-order valence-corrected chi connectivity index (χ0v) is 14.5. The number of rotatable bonds is 4. The van der Waals surface area contributed by atoms with Crippen molar-refractivity contribution in [1.82, 2.24) is 4.72 Å². The van der Waals surface area contributed by atoms with Crippen LogP contribution in [0, 0.1) is 0 Å². The largest absolute Gasteiger partial charge is 0.326 e. The topological polar surface area (TPSA) is 75.3 Å². The Morgan fingerprint density at radius 3 is 2.58 bits per heavy atom. The van der Waals surface area contributed by atoms with E-state index in [0.717, 1.165) is 11.1 Å². The number of carbonyl (C=O) groups excluding carboxylic acids is 1. The smallest absolute Gasteiger partial charge is 0.240 e. The second-order valence-corrected chi connectivity index (χ2v) is 7.88. The van der Waals surface area contributed by atoms with Crippen LogP contribution in [-0.2, 0) is 27.8 Å². The monoisotopic (exact) mass is 364 g/mol. The van der Waals surface area contributed by atoms with Gasteiger partial charge in [0.25, 0.3) is 0 Å². The third kappa shape index (κ3) is 3.95. The highest BCUT2D eigenvalue weighted by atomic mass is 35.5. The summed E-state index contributed by atoms with van der Waals surface area (Å²) in [5.41, 5.74) is 2.36. The Labute approximate surface area is 146 Å². The molecule has 1 amide bonds. The average Bonchev–Trinajstić information content (AvgIpc) is 2.74. The highest BCUT2D eigenvalue weighted by Gasteiger charge is 2.18. The van der Waals surface area contributed by atoms with Gasteiger partial charge in [-0.05, 0) is 54.3 Å². The van der Waals surface area contributed by atoms with Gasteiger partial charge in [-0.1, -0.05) is 23.7 Å². The third-order valence-corrected chi connectivity index (χ3v) is 5.54. The molecule has 0 saturated heterocycles. The molecule has 1 aliphatic heterocycles. The van der Waals surface area contributed by atoms with Crippen LogP contribution >= 0.6 is 11.6 Å². The highest BCUT2D eigenvalue weighted by Crippen LogP contribution is 2.25. The summed E-state index contributed by atoms with van der Waals surface area (Å²) in [4.78, 5) is 11.8. The third-order valence-electron chi connectivity index (χ3n) is 3.89. The van der Waals surface area contributed by atoms with Gasteiger partial charge in [-0.25, -0.2) is 13.1 Å². The van der Waals surface area contributed by atoms with E-state index in [2.05, 4.69) is 10.0 Å². The Morgan fingerprint density at radius 1 is 1.08 bits per heavy atom. The molecule has 0 aromatic heterocycles. The number of fused-ring (bicyclic) bond motifs is 1. The van der Waals surface area contributed by atoms with Crippen molar-refractivity contribution < 1.29 is 13.2 Å². The molecule has 24 heavy (non-hydrogen) atoms. The molecule has 2 N–H and O–H groups in total. The first-order valence-corrected chi connectivity index (χ1v) is 9.47. The number of halogens is 1. The number of sulfonamides is 1. The summed E-state index contributed by atoms with van der Waals surface area (Å²) in [6.07, 6.45) is 1.83. The quantitative estimate of drug-likeness (QED) is 0.875. The van der Waals surface area contributed by atoms with Crippen LogP contribution in [0.1, 0.15) is 24.0 Å². The van der Waals surface area contributed by atoms with Crippen LogP contribution in [0.25, 0.3) is 0 Å². The van der Waals surface area contributed by atoms with E-state index in [1.54, 1.807) is 36.4 Å². The van der Waals surface area contributed by atoms with E-state index >= 15 is 0 Å². The van der Waals surface area contributed by atoms with Crippen LogP contribution in [-0.4, -0.2) is 14.3 Å². The first-order valence-electron chi connectivity index (χ1n) is 7.61. The molecule has 2 aromatic rings. The van der Waals surface area contributed by atoms with E-state index in [4.69, 9.17) is 11.6 Å². The molecule has 5 nitrogen and oxygen atoms in total. The van der Waals surface area contributed by atoms with E-state index < -0.39 is 10.0 Å². The molecule has 0 atom stereocenters. The predicted molar refractivity (Wildman–Crippen MR) is 93.5 cm³/mol. The van der Waals surface area contributed by atoms with Crippen LogP contribution in [0.15, 0.2) is 47.4 Å². The van der Waals surface area contributed by atoms with Gasteiger partial charge in [0.05, 0.1) is 4.90 Å². The fourth-order valence-electron chi connectivity index (χ4n) is 2.58. The van der Waals surface area contributed by atoms with Gasteiger partial charge in [0.1, 0.15) is 0 Å². The number of amides is 1. The fraction of sp³-hybridized carbons (Fsp3) is 0.235. The molecule has 126 valence electrons. The van der Waals surface area contributed by atoms with Gasteiger partial charge >= 0.3 is 0 Å². The average molecular weight is 365 g/mol. The lowest BCUT2D eigenvalue weighted by atomic mass is 10.1. The van der Waals surface area contributed by atoms with Gasteiger partial charge in [0.15, 0.2) is 0 Å². The van der Waals surface area contributed by atoms with Crippen molar-refractivity contribution in [3.63, 3.8) is 0 Å². The minimum Gasteiger partial charge on any atom is -0.326 e. The van der Waals surface area contributed by atoms with Gasteiger partial charge in [-0.2, -0.15) is 0 Å². The summed E-state index contributed by atoms with van der Waals surface area (Å²) >= 11 is 5.82. The molecule has 1 heterocycles. The summed E-state index contributed by atoms with van der Waals surface area (Å²) in [5, 5.41) is 3.40. The van der Waals surface area contributed by atoms with E-state index in [1.807, 2.05) is 0 Å². The van der Waals surface area contributed by atoms with Crippen LogP contribution in [0.3, 0.4) is 0 Å². The lowest BCUT2D eigenvalue weighted by Crippen LogP contribution is -2.23. The summed E-state index contributed by atoms with van der Waals surface area (Å²) in [7, 11) is -3.62. The van der Waals surface area contributed by atoms with Crippen molar-refractivity contribution in [3.8, 4) is 0 Å². The first-order chi connectivity index (χ1) is 11.4. The molecular weight excluding hydrogens is 348 g/mol. The van der Waals surface area contributed by atoms with Crippen molar-refractivity contribution in [2.45, 2.75) is 30.7 Å². The molecule has 0 bridgehead atoms. The molecule has 0 radical (unpaired) electrons. The van der Waals surface area contributed by atoms with Crippen molar-refractivity contribution in [2.75, 3.05) is 5.32 Å².